The molecule has 0 bridgehead atoms. The molecule has 0 amide bonds. The van der Waals surface area contributed by atoms with Crippen LogP contribution in [0.3, 0.4) is 0 Å². The lowest BCUT2D eigenvalue weighted by atomic mass is 10.2. The summed E-state index contributed by atoms with van der Waals surface area (Å²) in [6, 6.07) is 0. The lowest BCUT2D eigenvalue weighted by Gasteiger charge is -2.26. The van der Waals surface area contributed by atoms with Crippen LogP contribution in [0, 0.1) is 5.92 Å². The molecule has 0 aliphatic rings. The third-order valence-electron chi connectivity index (χ3n) is 2.61. The molecule has 4 nitrogen and oxygen atoms in total. The Morgan fingerprint density at radius 3 is 2.00 bits per heavy atom. The first-order valence-electron chi connectivity index (χ1n) is 6.16. The molecule has 0 heterocycles. The second kappa shape index (κ2) is 8.53. The Balaban J connectivity index is 4.04. The number of likely N-dealkylation sites (N-methyl/N-ethyl adjacent to an activating group) is 1. The van der Waals surface area contributed by atoms with Gasteiger partial charge in [-0.05, 0) is 19.0 Å². The molecular formula is C12H26N2O2. The van der Waals surface area contributed by atoms with E-state index in [0.717, 1.165) is 32.7 Å². The van der Waals surface area contributed by atoms with E-state index in [1.807, 2.05) is 4.90 Å². The Labute approximate surface area is 99.2 Å². The molecule has 0 rings (SSSR count). The standard InChI is InChI=1S/C12H26N2O2/c1-5-13(6-2)7-8-14(9-11(3)4)10-12(15)16/h11H,5-10H2,1-4H3,(H,15,16). The van der Waals surface area contributed by atoms with Crippen molar-refractivity contribution in [1.82, 2.24) is 9.80 Å². The Bertz CT molecular complexity index is 191. The number of hydrogen-bond donors (Lipinski definition) is 1. The number of nitrogens with zero attached hydrogens (tertiary/aromatic N) is 2. The maximum atomic E-state index is 10.7. The first-order chi connectivity index (χ1) is 7.49. The molecular weight excluding hydrogens is 204 g/mol. The van der Waals surface area contributed by atoms with Crippen LogP contribution in [0.1, 0.15) is 27.7 Å². The Morgan fingerprint density at radius 2 is 1.62 bits per heavy atom. The Morgan fingerprint density at radius 1 is 1.12 bits per heavy atom. The fraction of sp³-hybridized carbons (Fsp3) is 0.917. The van der Waals surface area contributed by atoms with Gasteiger partial charge in [0, 0.05) is 19.6 Å². The van der Waals surface area contributed by atoms with Gasteiger partial charge in [0.25, 0.3) is 0 Å². The van der Waals surface area contributed by atoms with Crippen LogP contribution in [0.15, 0.2) is 0 Å². The second-order valence-electron chi connectivity index (χ2n) is 4.55. The number of rotatable bonds is 9. The van der Waals surface area contributed by atoms with Crippen LogP contribution in [0.2, 0.25) is 0 Å². The molecule has 0 aliphatic heterocycles. The van der Waals surface area contributed by atoms with Crippen molar-refractivity contribution in [1.29, 1.82) is 0 Å². The van der Waals surface area contributed by atoms with Crippen molar-refractivity contribution >= 4 is 5.97 Å². The molecule has 96 valence electrons. The van der Waals surface area contributed by atoms with E-state index in [9.17, 15) is 4.79 Å². The van der Waals surface area contributed by atoms with Crippen molar-refractivity contribution in [2.45, 2.75) is 27.7 Å². The highest BCUT2D eigenvalue weighted by atomic mass is 16.4. The summed E-state index contributed by atoms with van der Waals surface area (Å²) in [6.45, 7) is 13.4. The van der Waals surface area contributed by atoms with Crippen LogP contribution in [0.25, 0.3) is 0 Å². The van der Waals surface area contributed by atoms with E-state index >= 15 is 0 Å². The topological polar surface area (TPSA) is 43.8 Å². The average molecular weight is 230 g/mol. The van der Waals surface area contributed by atoms with Crippen LogP contribution in [0.4, 0.5) is 0 Å². The fourth-order valence-corrected chi connectivity index (χ4v) is 1.77. The highest BCUT2D eigenvalue weighted by Crippen LogP contribution is 1.99. The Hall–Kier alpha value is -0.610. The average Bonchev–Trinajstić information content (AvgIpc) is 2.17. The summed E-state index contributed by atoms with van der Waals surface area (Å²) in [5.74, 6) is -0.226. The van der Waals surface area contributed by atoms with Gasteiger partial charge in [-0.25, -0.2) is 0 Å². The number of aliphatic carboxylic acids is 1. The maximum Gasteiger partial charge on any atom is 0.317 e. The number of carboxylic acid groups (broad SMARTS) is 1. The van der Waals surface area contributed by atoms with Gasteiger partial charge in [0.15, 0.2) is 0 Å². The van der Waals surface area contributed by atoms with Gasteiger partial charge in [0.05, 0.1) is 6.54 Å². The van der Waals surface area contributed by atoms with E-state index < -0.39 is 5.97 Å². The summed E-state index contributed by atoms with van der Waals surface area (Å²) in [4.78, 5) is 15.1. The van der Waals surface area contributed by atoms with Crippen molar-refractivity contribution in [3.63, 3.8) is 0 Å². The third-order valence-corrected chi connectivity index (χ3v) is 2.61. The molecule has 0 radical (unpaired) electrons. The molecule has 4 heteroatoms. The van der Waals surface area contributed by atoms with E-state index in [2.05, 4.69) is 32.6 Å². The van der Waals surface area contributed by atoms with Crippen LogP contribution < -0.4 is 0 Å². The molecule has 0 aromatic rings. The molecule has 1 N–H and O–H groups in total. The normalized spacial score (nSPS) is 11.7. The second-order valence-corrected chi connectivity index (χ2v) is 4.55. The number of hydrogen-bond acceptors (Lipinski definition) is 3. The van der Waals surface area contributed by atoms with Gasteiger partial charge < -0.3 is 10.0 Å². The van der Waals surface area contributed by atoms with E-state index in [0.29, 0.717) is 5.92 Å². The lowest BCUT2D eigenvalue weighted by Crippen LogP contribution is -2.39. The molecule has 0 aromatic heterocycles. The Kier molecular flexibility index (Phi) is 8.21. The van der Waals surface area contributed by atoms with Gasteiger partial charge in [0.2, 0.25) is 0 Å². The van der Waals surface area contributed by atoms with Gasteiger partial charge in [0.1, 0.15) is 0 Å². The highest BCUT2D eigenvalue weighted by molar-refractivity contribution is 5.69. The summed E-state index contributed by atoms with van der Waals surface area (Å²) in [5.41, 5.74) is 0. The third kappa shape index (κ3) is 7.65. The zero-order valence-electron chi connectivity index (χ0n) is 11.1. The minimum atomic E-state index is -0.736. The first-order valence-corrected chi connectivity index (χ1v) is 6.16. The maximum absolute atomic E-state index is 10.7. The van der Waals surface area contributed by atoms with E-state index in [1.165, 1.54) is 0 Å². The van der Waals surface area contributed by atoms with Gasteiger partial charge in [-0.2, -0.15) is 0 Å². The quantitative estimate of drug-likeness (QED) is 0.650. The molecule has 0 fully saturated rings. The predicted octanol–water partition coefficient (Wildman–Crippen LogP) is 1.37. The number of carbonyl (C=O) groups is 1. The minimum Gasteiger partial charge on any atom is -0.480 e. The summed E-state index contributed by atoms with van der Waals surface area (Å²) < 4.78 is 0. The van der Waals surface area contributed by atoms with Crippen molar-refractivity contribution < 1.29 is 9.90 Å². The molecule has 0 saturated heterocycles. The molecule has 0 spiro atoms. The van der Waals surface area contributed by atoms with Gasteiger partial charge in [-0.1, -0.05) is 27.7 Å². The van der Waals surface area contributed by atoms with Crippen LogP contribution in [-0.2, 0) is 4.79 Å². The first kappa shape index (κ1) is 15.4. The van der Waals surface area contributed by atoms with Gasteiger partial charge in [-0.15, -0.1) is 0 Å². The van der Waals surface area contributed by atoms with Crippen molar-refractivity contribution in [2.24, 2.45) is 5.92 Å². The molecule has 0 atom stereocenters. The molecule has 0 aromatic carbocycles. The fourth-order valence-electron chi connectivity index (χ4n) is 1.77. The van der Waals surface area contributed by atoms with Crippen LogP contribution in [-0.4, -0.2) is 60.1 Å². The number of carboxylic acids is 1. The van der Waals surface area contributed by atoms with Crippen molar-refractivity contribution in [3.8, 4) is 0 Å². The lowest BCUT2D eigenvalue weighted by molar-refractivity contribution is -0.138. The van der Waals surface area contributed by atoms with Crippen LogP contribution in [0.5, 0.6) is 0 Å². The monoisotopic (exact) mass is 230 g/mol. The largest absolute Gasteiger partial charge is 0.480 e. The smallest absolute Gasteiger partial charge is 0.317 e. The van der Waals surface area contributed by atoms with Gasteiger partial charge in [-0.3, -0.25) is 9.69 Å². The highest BCUT2D eigenvalue weighted by Gasteiger charge is 2.12. The SMILES string of the molecule is CCN(CC)CCN(CC(=O)O)CC(C)C. The molecule has 0 aliphatic carbocycles. The zero-order valence-corrected chi connectivity index (χ0v) is 11.1. The van der Waals surface area contributed by atoms with Crippen LogP contribution >= 0.6 is 0 Å². The molecule has 0 saturated carbocycles. The molecule has 16 heavy (non-hydrogen) atoms. The summed E-state index contributed by atoms with van der Waals surface area (Å²) in [5, 5.41) is 8.82. The summed E-state index contributed by atoms with van der Waals surface area (Å²) >= 11 is 0. The van der Waals surface area contributed by atoms with E-state index in [1.54, 1.807) is 0 Å². The van der Waals surface area contributed by atoms with Crippen molar-refractivity contribution in [3.05, 3.63) is 0 Å². The van der Waals surface area contributed by atoms with E-state index in [4.69, 9.17) is 5.11 Å². The molecule has 0 unspecified atom stereocenters. The van der Waals surface area contributed by atoms with Gasteiger partial charge >= 0.3 is 5.97 Å². The predicted molar refractivity (Wildman–Crippen MR) is 66.7 cm³/mol. The van der Waals surface area contributed by atoms with Crippen molar-refractivity contribution in [2.75, 3.05) is 39.3 Å². The minimum absolute atomic E-state index is 0.152. The van der Waals surface area contributed by atoms with E-state index in [-0.39, 0.29) is 6.54 Å². The zero-order chi connectivity index (χ0) is 12.6. The summed E-state index contributed by atoms with van der Waals surface area (Å²) in [7, 11) is 0. The summed E-state index contributed by atoms with van der Waals surface area (Å²) in [6.07, 6.45) is 0.